The summed E-state index contributed by atoms with van der Waals surface area (Å²) in [6, 6.07) is -3.86. The first-order valence-electron chi connectivity index (χ1n) is 7.56. The fourth-order valence-electron chi connectivity index (χ4n) is 1.83. The molecule has 0 aromatic heterocycles. The van der Waals surface area contributed by atoms with Crippen molar-refractivity contribution in [2.45, 2.75) is 57.8 Å². The maximum Gasteiger partial charge on any atom is 0.326 e. The molecule has 0 aliphatic rings. The molecular weight excluding hydrogens is 320 g/mol. The summed E-state index contributed by atoms with van der Waals surface area (Å²) in [5.41, 5.74) is 10.7. The third kappa shape index (κ3) is 6.92. The number of rotatable bonds is 10. The Bertz CT molecular complexity index is 482. The number of carboxylic acid groups (broad SMARTS) is 1. The van der Waals surface area contributed by atoms with Crippen LogP contribution in [0.1, 0.15) is 33.6 Å². The van der Waals surface area contributed by atoms with Crippen LogP contribution in [-0.4, -0.2) is 58.1 Å². The Labute approximate surface area is 139 Å². The van der Waals surface area contributed by atoms with Gasteiger partial charge in [0.2, 0.25) is 17.7 Å². The van der Waals surface area contributed by atoms with Gasteiger partial charge in [0, 0.05) is 0 Å². The number of aliphatic hydroxyl groups excluding tert-OH is 1. The normalized spacial score (nSPS) is 17.0. The van der Waals surface area contributed by atoms with Gasteiger partial charge < -0.3 is 32.3 Å². The van der Waals surface area contributed by atoms with Crippen LogP contribution in [0.15, 0.2) is 0 Å². The monoisotopic (exact) mass is 346 g/mol. The highest BCUT2D eigenvalue weighted by molar-refractivity contribution is 5.93. The second-order valence-corrected chi connectivity index (χ2v) is 5.71. The average Bonchev–Trinajstić information content (AvgIpc) is 2.48. The van der Waals surface area contributed by atoms with Gasteiger partial charge in [-0.2, -0.15) is 0 Å². The van der Waals surface area contributed by atoms with Crippen molar-refractivity contribution < 1.29 is 29.4 Å². The van der Waals surface area contributed by atoms with E-state index in [9.17, 15) is 24.3 Å². The number of carboxylic acids is 1. The maximum absolute atomic E-state index is 12.1. The second kappa shape index (κ2) is 9.83. The first-order valence-corrected chi connectivity index (χ1v) is 7.56. The topological polar surface area (TPSA) is 185 Å². The van der Waals surface area contributed by atoms with Crippen LogP contribution < -0.4 is 22.1 Å². The first kappa shape index (κ1) is 21.8. The summed E-state index contributed by atoms with van der Waals surface area (Å²) in [4.78, 5) is 46.1. The van der Waals surface area contributed by atoms with Gasteiger partial charge in [-0.1, -0.05) is 20.3 Å². The van der Waals surface area contributed by atoms with Crippen LogP contribution >= 0.6 is 0 Å². The zero-order chi connectivity index (χ0) is 19.0. The highest BCUT2D eigenvalue weighted by Crippen LogP contribution is 2.06. The lowest BCUT2D eigenvalue weighted by Crippen LogP contribution is -2.59. The van der Waals surface area contributed by atoms with Crippen molar-refractivity contribution in [2.75, 3.05) is 0 Å². The lowest BCUT2D eigenvalue weighted by atomic mass is 9.98. The molecule has 5 atom stereocenters. The van der Waals surface area contributed by atoms with Crippen LogP contribution in [0.25, 0.3) is 0 Å². The highest BCUT2D eigenvalue weighted by Gasteiger charge is 2.32. The SMILES string of the molecule is CCC(C)C(N)C(=O)NC(C(=O)NC(CC(N)=O)C(=O)O)C(C)O. The second-order valence-electron chi connectivity index (χ2n) is 5.71. The summed E-state index contributed by atoms with van der Waals surface area (Å²) in [5, 5.41) is 23.0. The summed E-state index contributed by atoms with van der Waals surface area (Å²) in [6.45, 7) is 4.86. The molecule has 0 rings (SSSR count). The minimum atomic E-state index is -1.56. The molecule has 8 N–H and O–H groups in total. The molecule has 3 amide bonds. The predicted octanol–water partition coefficient (Wildman–Crippen LogP) is -2.33. The van der Waals surface area contributed by atoms with E-state index < -0.39 is 54.3 Å². The molecular formula is C14H26N4O6. The van der Waals surface area contributed by atoms with Gasteiger partial charge >= 0.3 is 5.97 Å². The number of nitrogens with one attached hydrogen (secondary N) is 2. The van der Waals surface area contributed by atoms with E-state index in [0.29, 0.717) is 6.42 Å². The van der Waals surface area contributed by atoms with Crippen LogP contribution in [0.2, 0.25) is 0 Å². The van der Waals surface area contributed by atoms with E-state index in [-0.39, 0.29) is 5.92 Å². The number of amides is 3. The molecule has 10 nitrogen and oxygen atoms in total. The van der Waals surface area contributed by atoms with Crippen molar-refractivity contribution in [3.05, 3.63) is 0 Å². The molecule has 0 aliphatic heterocycles. The van der Waals surface area contributed by atoms with E-state index in [2.05, 4.69) is 10.6 Å². The van der Waals surface area contributed by atoms with Crippen molar-refractivity contribution in [1.29, 1.82) is 0 Å². The molecule has 0 fully saturated rings. The van der Waals surface area contributed by atoms with Crippen molar-refractivity contribution in [2.24, 2.45) is 17.4 Å². The minimum Gasteiger partial charge on any atom is -0.480 e. The van der Waals surface area contributed by atoms with E-state index in [4.69, 9.17) is 16.6 Å². The Morgan fingerprint density at radius 1 is 1.08 bits per heavy atom. The van der Waals surface area contributed by atoms with Crippen LogP contribution in [-0.2, 0) is 19.2 Å². The van der Waals surface area contributed by atoms with Crippen molar-refractivity contribution >= 4 is 23.7 Å². The number of aliphatic carboxylic acids is 1. The standard InChI is InChI=1S/C14H26N4O6/c1-4-6(2)10(16)12(21)18-11(7(3)19)13(22)17-8(14(23)24)5-9(15)20/h6-8,10-11,19H,4-5,16H2,1-3H3,(H2,15,20)(H,17,22)(H,18,21)(H,23,24). The van der Waals surface area contributed by atoms with Crippen LogP contribution in [0.4, 0.5) is 0 Å². The number of carbonyl (C=O) groups excluding carboxylic acids is 3. The lowest BCUT2D eigenvalue weighted by molar-refractivity contribution is -0.144. The Hall–Kier alpha value is -2.20. The largest absolute Gasteiger partial charge is 0.480 e. The zero-order valence-electron chi connectivity index (χ0n) is 14.0. The molecule has 0 spiro atoms. The van der Waals surface area contributed by atoms with Crippen molar-refractivity contribution in [1.82, 2.24) is 10.6 Å². The molecule has 10 heteroatoms. The number of aliphatic hydroxyl groups is 1. The minimum absolute atomic E-state index is 0.149. The fourth-order valence-corrected chi connectivity index (χ4v) is 1.83. The first-order chi connectivity index (χ1) is 11.0. The predicted molar refractivity (Wildman–Crippen MR) is 84.4 cm³/mol. The number of nitrogens with two attached hydrogens (primary N) is 2. The van der Waals surface area contributed by atoms with Crippen LogP contribution in [0.5, 0.6) is 0 Å². The molecule has 0 saturated heterocycles. The zero-order valence-corrected chi connectivity index (χ0v) is 14.0. The molecule has 138 valence electrons. The van der Waals surface area contributed by atoms with Gasteiger partial charge in [-0.25, -0.2) is 4.79 Å². The van der Waals surface area contributed by atoms with E-state index in [1.165, 1.54) is 6.92 Å². The van der Waals surface area contributed by atoms with Gasteiger partial charge in [-0.05, 0) is 12.8 Å². The van der Waals surface area contributed by atoms with Crippen molar-refractivity contribution in [3.63, 3.8) is 0 Å². The van der Waals surface area contributed by atoms with Gasteiger partial charge in [0.15, 0.2) is 0 Å². The third-order valence-corrected chi connectivity index (χ3v) is 3.64. The van der Waals surface area contributed by atoms with Crippen LogP contribution in [0.3, 0.4) is 0 Å². The smallest absolute Gasteiger partial charge is 0.326 e. The molecule has 0 aliphatic carbocycles. The molecule has 0 saturated carbocycles. The van der Waals surface area contributed by atoms with E-state index >= 15 is 0 Å². The van der Waals surface area contributed by atoms with Gasteiger partial charge in [0.1, 0.15) is 12.1 Å². The number of primary amides is 1. The summed E-state index contributed by atoms with van der Waals surface area (Å²) in [7, 11) is 0. The summed E-state index contributed by atoms with van der Waals surface area (Å²) >= 11 is 0. The quantitative estimate of drug-likeness (QED) is 0.256. The lowest BCUT2D eigenvalue weighted by Gasteiger charge is -2.25. The van der Waals surface area contributed by atoms with Gasteiger partial charge in [0.05, 0.1) is 18.6 Å². The molecule has 5 unspecified atom stereocenters. The Morgan fingerprint density at radius 3 is 2.00 bits per heavy atom. The van der Waals surface area contributed by atoms with E-state index in [1.54, 1.807) is 6.92 Å². The summed E-state index contributed by atoms with van der Waals surface area (Å²) in [5.74, 6) is -4.13. The molecule has 0 radical (unpaired) electrons. The van der Waals surface area contributed by atoms with Crippen LogP contribution in [0, 0.1) is 5.92 Å². The maximum atomic E-state index is 12.1. The van der Waals surface area contributed by atoms with Gasteiger partial charge in [0.25, 0.3) is 0 Å². The number of hydrogen-bond acceptors (Lipinski definition) is 6. The van der Waals surface area contributed by atoms with Crippen molar-refractivity contribution in [3.8, 4) is 0 Å². The van der Waals surface area contributed by atoms with Gasteiger partial charge in [-0.15, -0.1) is 0 Å². The van der Waals surface area contributed by atoms with E-state index in [1.807, 2.05) is 6.92 Å². The number of hydrogen-bond donors (Lipinski definition) is 6. The molecule has 0 bridgehead atoms. The fraction of sp³-hybridized carbons (Fsp3) is 0.714. The summed E-state index contributed by atoms with van der Waals surface area (Å²) < 4.78 is 0. The number of carbonyl (C=O) groups is 4. The Kier molecular flexibility index (Phi) is 8.93. The Balaban J connectivity index is 5.04. The average molecular weight is 346 g/mol. The van der Waals surface area contributed by atoms with E-state index in [0.717, 1.165) is 0 Å². The van der Waals surface area contributed by atoms with Gasteiger partial charge in [-0.3, -0.25) is 14.4 Å². The Morgan fingerprint density at radius 2 is 1.62 bits per heavy atom. The third-order valence-electron chi connectivity index (χ3n) is 3.64. The highest BCUT2D eigenvalue weighted by atomic mass is 16.4. The molecule has 0 aromatic rings. The molecule has 0 heterocycles. The molecule has 0 aromatic carbocycles. The summed E-state index contributed by atoms with van der Waals surface area (Å²) in [6.07, 6.45) is -1.28. The molecule has 24 heavy (non-hydrogen) atoms.